The molecule has 7 rings (SSSR count). The first-order valence-electron chi connectivity index (χ1n) is 16.9. The number of alkyl halides is 1. The number of benzene rings is 2. The van der Waals surface area contributed by atoms with Crippen molar-refractivity contribution in [1.82, 2.24) is 20.2 Å². The van der Waals surface area contributed by atoms with Gasteiger partial charge in [-0.25, -0.2) is 8.78 Å². The van der Waals surface area contributed by atoms with Crippen molar-refractivity contribution in [3.05, 3.63) is 46.9 Å². The Kier molecular flexibility index (Phi) is 8.37. The van der Waals surface area contributed by atoms with Crippen LogP contribution in [0.3, 0.4) is 0 Å². The number of carbonyl (C=O) groups excluding carboxylic acids is 1. The summed E-state index contributed by atoms with van der Waals surface area (Å²) in [5.74, 6) is 0.563. The summed E-state index contributed by atoms with van der Waals surface area (Å²) >= 11 is 0. The number of aromatic hydroxyl groups is 1. The zero-order valence-electron chi connectivity index (χ0n) is 26.8. The molecule has 3 aromatic rings. The lowest BCUT2D eigenvalue weighted by Gasteiger charge is -2.35. The van der Waals surface area contributed by atoms with Gasteiger partial charge in [-0.15, -0.1) is 0 Å². The van der Waals surface area contributed by atoms with Crippen LogP contribution < -0.4 is 19.9 Å². The van der Waals surface area contributed by atoms with E-state index in [1.807, 2.05) is 6.92 Å². The quantitative estimate of drug-likeness (QED) is 0.379. The molecule has 0 spiro atoms. The van der Waals surface area contributed by atoms with Gasteiger partial charge in [-0.3, -0.25) is 9.69 Å². The van der Waals surface area contributed by atoms with E-state index in [2.05, 4.69) is 20.0 Å². The van der Waals surface area contributed by atoms with E-state index in [4.69, 9.17) is 14.7 Å². The SMILES string of the molecule is CCc1c(F)ccc2cc(O)cc(N3CCc4c(nc(OC[C@@]56CCCN5C[C@H](F)C6)nc4N4CCCCC(C(=O)NC)C4)C3)c12. The molecule has 11 heteroatoms. The summed E-state index contributed by atoms with van der Waals surface area (Å²) in [5, 5.41) is 15.1. The number of fused-ring (bicyclic) bond motifs is 3. The van der Waals surface area contributed by atoms with Crippen LogP contribution >= 0.6 is 0 Å². The number of halogens is 2. The maximum Gasteiger partial charge on any atom is 0.318 e. The Labute approximate surface area is 268 Å². The molecular formula is C35H44F2N6O3. The van der Waals surface area contributed by atoms with E-state index >= 15 is 4.39 Å². The molecule has 1 aromatic heterocycles. The number of aromatic nitrogens is 2. The Morgan fingerprint density at radius 3 is 2.83 bits per heavy atom. The van der Waals surface area contributed by atoms with E-state index < -0.39 is 6.17 Å². The summed E-state index contributed by atoms with van der Waals surface area (Å²) in [6, 6.07) is 6.85. The minimum absolute atomic E-state index is 0.0367. The van der Waals surface area contributed by atoms with Crippen LogP contribution in [0.4, 0.5) is 20.3 Å². The Morgan fingerprint density at radius 1 is 1.13 bits per heavy atom. The van der Waals surface area contributed by atoms with Gasteiger partial charge in [-0.05, 0) is 68.2 Å². The Hall–Kier alpha value is -3.73. The molecule has 1 unspecified atom stereocenters. The molecular weight excluding hydrogens is 590 g/mol. The number of hydrogen-bond donors (Lipinski definition) is 2. The molecule has 0 saturated carbocycles. The molecule has 4 aliphatic heterocycles. The molecule has 9 nitrogen and oxygen atoms in total. The summed E-state index contributed by atoms with van der Waals surface area (Å²) in [7, 11) is 1.68. The van der Waals surface area contributed by atoms with Crippen molar-refractivity contribution in [2.75, 3.05) is 56.2 Å². The largest absolute Gasteiger partial charge is 0.508 e. The number of phenols is 1. The van der Waals surface area contributed by atoms with E-state index in [9.17, 15) is 14.3 Å². The average Bonchev–Trinajstić information content (AvgIpc) is 3.46. The van der Waals surface area contributed by atoms with Crippen LogP contribution in [0.2, 0.25) is 0 Å². The molecule has 0 radical (unpaired) electrons. The van der Waals surface area contributed by atoms with E-state index in [0.29, 0.717) is 57.6 Å². The maximum atomic E-state index is 15.0. The van der Waals surface area contributed by atoms with Crippen LogP contribution in [0.5, 0.6) is 11.8 Å². The molecule has 3 fully saturated rings. The van der Waals surface area contributed by atoms with Crippen LogP contribution in [0.1, 0.15) is 62.3 Å². The number of rotatable bonds is 7. The number of hydrogen-bond acceptors (Lipinski definition) is 8. The first-order valence-corrected chi connectivity index (χ1v) is 16.9. The van der Waals surface area contributed by atoms with Gasteiger partial charge in [0, 0.05) is 62.4 Å². The van der Waals surface area contributed by atoms with Gasteiger partial charge in [0.15, 0.2) is 0 Å². The number of anilines is 2. The predicted molar refractivity (Wildman–Crippen MR) is 174 cm³/mol. The fraction of sp³-hybridized carbons (Fsp3) is 0.571. The van der Waals surface area contributed by atoms with Gasteiger partial charge >= 0.3 is 6.01 Å². The number of nitrogens with one attached hydrogen (secondary N) is 1. The molecule has 2 aromatic carbocycles. The lowest BCUT2D eigenvalue weighted by molar-refractivity contribution is -0.124. The lowest BCUT2D eigenvalue weighted by atomic mass is 9.95. The van der Waals surface area contributed by atoms with Crippen LogP contribution in [0.25, 0.3) is 10.8 Å². The van der Waals surface area contributed by atoms with Crippen molar-refractivity contribution in [2.45, 2.75) is 76.5 Å². The van der Waals surface area contributed by atoms with E-state index in [-0.39, 0.29) is 34.9 Å². The predicted octanol–water partition coefficient (Wildman–Crippen LogP) is 4.91. The van der Waals surface area contributed by atoms with Crippen molar-refractivity contribution in [1.29, 1.82) is 0 Å². The van der Waals surface area contributed by atoms with Crippen LogP contribution in [-0.2, 0) is 24.2 Å². The van der Waals surface area contributed by atoms with Gasteiger partial charge in [0.25, 0.3) is 0 Å². The fourth-order valence-corrected chi connectivity index (χ4v) is 8.39. The van der Waals surface area contributed by atoms with Crippen molar-refractivity contribution in [3.8, 4) is 11.8 Å². The average molecular weight is 635 g/mol. The lowest BCUT2D eigenvalue weighted by Crippen LogP contribution is -2.43. The molecule has 3 saturated heterocycles. The minimum atomic E-state index is -0.855. The van der Waals surface area contributed by atoms with Crippen LogP contribution in [0, 0.1) is 11.7 Å². The summed E-state index contributed by atoms with van der Waals surface area (Å²) in [6.07, 6.45) is 5.41. The van der Waals surface area contributed by atoms with Gasteiger partial charge in [-0.2, -0.15) is 9.97 Å². The highest BCUT2D eigenvalue weighted by Crippen LogP contribution is 2.42. The number of carbonyl (C=O) groups is 1. The molecule has 46 heavy (non-hydrogen) atoms. The Balaban J connectivity index is 1.27. The van der Waals surface area contributed by atoms with Crippen molar-refractivity contribution in [2.24, 2.45) is 5.92 Å². The van der Waals surface area contributed by atoms with Gasteiger partial charge in [0.2, 0.25) is 5.91 Å². The van der Waals surface area contributed by atoms with Crippen molar-refractivity contribution < 1.29 is 23.4 Å². The highest BCUT2D eigenvalue weighted by atomic mass is 19.1. The fourth-order valence-electron chi connectivity index (χ4n) is 8.39. The molecule has 0 bridgehead atoms. The summed E-state index contributed by atoms with van der Waals surface area (Å²) in [5.41, 5.74) is 2.90. The maximum absolute atomic E-state index is 15.0. The smallest absolute Gasteiger partial charge is 0.318 e. The van der Waals surface area contributed by atoms with Crippen LogP contribution in [-0.4, -0.2) is 84.0 Å². The first kappa shape index (κ1) is 30.9. The molecule has 0 aliphatic carbocycles. The monoisotopic (exact) mass is 634 g/mol. The number of ether oxygens (including phenoxy) is 1. The first-order chi connectivity index (χ1) is 22.3. The topological polar surface area (TPSA) is 94.1 Å². The Bertz CT molecular complexity index is 1640. The second kappa shape index (κ2) is 12.5. The van der Waals surface area contributed by atoms with E-state index in [1.54, 1.807) is 25.2 Å². The Morgan fingerprint density at radius 2 is 2.00 bits per heavy atom. The number of phenolic OH excluding ortho intramolecular Hbond substituents is 1. The van der Waals surface area contributed by atoms with Gasteiger partial charge in [-0.1, -0.05) is 19.4 Å². The molecule has 5 heterocycles. The highest BCUT2D eigenvalue weighted by Gasteiger charge is 2.49. The molecule has 2 N–H and O–H groups in total. The van der Waals surface area contributed by atoms with Crippen molar-refractivity contribution in [3.63, 3.8) is 0 Å². The third-order valence-electron chi connectivity index (χ3n) is 10.7. The standard InChI is InChI=1S/C35H44F2N6O3/c1-3-26-28(37)9-8-22-15-25(44)16-30(31(22)26)41-14-10-27-29(20-41)39-34(46-21-35-11-6-13-43(35)19-24(36)17-35)40-32(27)42-12-5-4-7-23(18-42)33(45)38-2/h8-9,15-16,23-24,44H,3-7,10-14,17-21H2,1-2H3,(H,38,45)/t23?,24-,35+/m1/s1. The molecule has 4 aliphatic rings. The minimum Gasteiger partial charge on any atom is -0.508 e. The van der Waals surface area contributed by atoms with E-state index in [1.165, 1.54) is 6.07 Å². The summed E-state index contributed by atoms with van der Waals surface area (Å²) in [6.45, 7) is 5.98. The van der Waals surface area contributed by atoms with E-state index in [0.717, 1.165) is 78.7 Å². The zero-order valence-corrected chi connectivity index (χ0v) is 26.8. The molecule has 246 valence electrons. The van der Waals surface area contributed by atoms with Crippen LogP contribution in [0.15, 0.2) is 24.3 Å². The van der Waals surface area contributed by atoms with Gasteiger partial charge < -0.3 is 25.0 Å². The normalized spacial score (nSPS) is 25.0. The van der Waals surface area contributed by atoms with Gasteiger partial charge in [0.1, 0.15) is 30.2 Å². The van der Waals surface area contributed by atoms with Crippen molar-refractivity contribution >= 4 is 28.2 Å². The second-order valence-corrected chi connectivity index (χ2v) is 13.5. The summed E-state index contributed by atoms with van der Waals surface area (Å²) in [4.78, 5) is 29.3. The zero-order chi connectivity index (χ0) is 32.0. The number of nitrogens with zero attached hydrogens (tertiary/aromatic N) is 5. The van der Waals surface area contributed by atoms with Gasteiger partial charge in [0.05, 0.1) is 23.7 Å². The highest BCUT2D eigenvalue weighted by molar-refractivity contribution is 5.98. The number of aryl methyl sites for hydroxylation is 1. The second-order valence-electron chi connectivity index (χ2n) is 13.5. The molecule has 3 atom stereocenters. The summed E-state index contributed by atoms with van der Waals surface area (Å²) < 4.78 is 35.9. The number of amides is 1. The third kappa shape index (κ3) is 5.60. The molecule has 1 amide bonds. The third-order valence-corrected chi connectivity index (χ3v) is 10.7.